The lowest BCUT2D eigenvalue weighted by Gasteiger charge is -2.34. The fourth-order valence-corrected chi connectivity index (χ4v) is 3.23. The molecule has 0 aromatic rings. The molecule has 1 heterocycles. The molecule has 2 aliphatic rings. The second-order valence-electron chi connectivity index (χ2n) is 6.06. The summed E-state index contributed by atoms with van der Waals surface area (Å²) in [5.74, 6) is 0. The first-order valence-electron chi connectivity index (χ1n) is 7.62. The van der Waals surface area contributed by atoms with Crippen molar-refractivity contribution in [2.24, 2.45) is 5.41 Å². The van der Waals surface area contributed by atoms with E-state index in [1.54, 1.807) is 11.1 Å². The molecule has 108 valence electrons. The summed E-state index contributed by atoms with van der Waals surface area (Å²) < 4.78 is 5.90. The summed E-state index contributed by atoms with van der Waals surface area (Å²) >= 11 is 0. The van der Waals surface area contributed by atoms with Crippen LogP contribution in [0.15, 0.2) is 35.5 Å². The fourth-order valence-electron chi connectivity index (χ4n) is 3.23. The molecule has 1 fully saturated rings. The van der Waals surface area contributed by atoms with Gasteiger partial charge < -0.3 is 4.74 Å². The molecule has 1 aliphatic carbocycles. The molecule has 0 N–H and O–H groups in total. The van der Waals surface area contributed by atoms with Gasteiger partial charge in [-0.15, -0.1) is 0 Å². The van der Waals surface area contributed by atoms with Crippen LogP contribution in [0.4, 0.5) is 0 Å². The molecule has 2 rings (SSSR count). The van der Waals surface area contributed by atoms with Crippen LogP contribution in [0.5, 0.6) is 0 Å². The van der Waals surface area contributed by atoms with Gasteiger partial charge in [0, 0.05) is 0 Å². The average molecular weight is 262 g/mol. The molecule has 1 saturated heterocycles. The van der Waals surface area contributed by atoms with E-state index in [-0.39, 0.29) is 0 Å². The second-order valence-corrected chi connectivity index (χ2v) is 6.06. The standard InChI is InChI=1S/C16H24O.C2H6/c1-6-8-12(3)14-15(17-14)13-11(2)9-7-10-16(13,4)5;1-2/h6,8,14-15H,1,7,9-10H2,2-5H3;1-2H3/b12-8+;. The quantitative estimate of drug-likeness (QED) is 0.375. The van der Waals surface area contributed by atoms with E-state index in [9.17, 15) is 0 Å². The molecular weight excluding hydrogens is 232 g/mol. The summed E-state index contributed by atoms with van der Waals surface area (Å²) in [7, 11) is 0. The van der Waals surface area contributed by atoms with Crippen LogP contribution in [0, 0.1) is 5.41 Å². The lowest BCUT2D eigenvalue weighted by Crippen LogP contribution is -2.24. The predicted octanol–water partition coefficient (Wildman–Crippen LogP) is 5.44. The maximum Gasteiger partial charge on any atom is 0.110 e. The SMILES string of the molecule is C=C/C=C(\C)C1OC1C1=C(C)CCCC1(C)C.CC. The van der Waals surface area contributed by atoms with Gasteiger partial charge in [0.2, 0.25) is 0 Å². The van der Waals surface area contributed by atoms with E-state index < -0.39 is 0 Å². The van der Waals surface area contributed by atoms with Crippen molar-refractivity contribution in [3.8, 4) is 0 Å². The number of hydrogen-bond acceptors (Lipinski definition) is 1. The molecule has 0 amide bonds. The molecule has 19 heavy (non-hydrogen) atoms. The highest BCUT2D eigenvalue weighted by Gasteiger charge is 2.48. The number of allylic oxidation sites excluding steroid dienone is 3. The Morgan fingerprint density at radius 1 is 1.37 bits per heavy atom. The summed E-state index contributed by atoms with van der Waals surface area (Å²) in [6.07, 6.45) is 8.40. The Labute approximate surface area is 119 Å². The highest BCUT2D eigenvalue weighted by molar-refractivity contribution is 5.35. The molecule has 0 saturated carbocycles. The molecular formula is C18H30O. The molecule has 2 unspecified atom stereocenters. The van der Waals surface area contributed by atoms with Gasteiger partial charge in [-0.1, -0.05) is 52.0 Å². The van der Waals surface area contributed by atoms with E-state index in [1.807, 2.05) is 19.9 Å². The van der Waals surface area contributed by atoms with E-state index >= 15 is 0 Å². The molecule has 0 aromatic heterocycles. The van der Waals surface area contributed by atoms with Gasteiger partial charge >= 0.3 is 0 Å². The second kappa shape index (κ2) is 6.56. The van der Waals surface area contributed by atoms with E-state index in [4.69, 9.17) is 4.74 Å². The van der Waals surface area contributed by atoms with E-state index in [2.05, 4.69) is 40.3 Å². The summed E-state index contributed by atoms with van der Waals surface area (Å²) in [6, 6.07) is 0. The lowest BCUT2D eigenvalue weighted by molar-refractivity contribution is 0.317. The van der Waals surface area contributed by atoms with Crippen molar-refractivity contribution < 1.29 is 4.74 Å². The number of hydrogen-bond donors (Lipinski definition) is 0. The first-order valence-corrected chi connectivity index (χ1v) is 7.62. The van der Waals surface area contributed by atoms with Crippen LogP contribution in [-0.4, -0.2) is 12.2 Å². The molecule has 0 spiro atoms. The van der Waals surface area contributed by atoms with Crippen molar-refractivity contribution in [2.45, 2.75) is 73.0 Å². The molecule has 0 bridgehead atoms. The Morgan fingerprint density at radius 3 is 2.53 bits per heavy atom. The van der Waals surface area contributed by atoms with Crippen molar-refractivity contribution in [1.29, 1.82) is 0 Å². The molecule has 1 aliphatic heterocycles. The van der Waals surface area contributed by atoms with Gasteiger partial charge in [0.15, 0.2) is 0 Å². The Kier molecular flexibility index (Phi) is 5.61. The summed E-state index contributed by atoms with van der Waals surface area (Å²) in [6.45, 7) is 16.9. The number of rotatable bonds is 3. The number of ether oxygens (including phenoxy) is 1. The fraction of sp³-hybridized carbons (Fsp3) is 0.667. The minimum absolute atomic E-state index is 0.301. The van der Waals surface area contributed by atoms with Gasteiger partial charge in [0.05, 0.1) is 0 Å². The van der Waals surface area contributed by atoms with Crippen LogP contribution < -0.4 is 0 Å². The monoisotopic (exact) mass is 262 g/mol. The third kappa shape index (κ3) is 3.60. The highest BCUT2D eigenvalue weighted by Crippen LogP contribution is 2.49. The van der Waals surface area contributed by atoms with Gasteiger partial charge in [-0.2, -0.15) is 0 Å². The zero-order valence-electron chi connectivity index (χ0n) is 13.5. The van der Waals surface area contributed by atoms with Crippen LogP contribution in [0.1, 0.15) is 60.8 Å². The van der Waals surface area contributed by atoms with Crippen molar-refractivity contribution in [1.82, 2.24) is 0 Å². The largest absolute Gasteiger partial charge is 0.360 e. The maximum atomic E-state index is 5.90. The zero-order valence-corrected chi connectivity index (χ0v) is 13.5. The van der Waals surface area contributed by atoms with Crippen molar-refractivity contribution >= 4 is 0 Å². The van der Waals surface area contributed by atoms with Crippen LogP contribution in [0.25, 0.3) is 0 Å². The van der Waals surface area contributed by atoms with Gasteiger partial charge in [-0.05, 0) is 49.7 Å². The molecule has 2 atom stereocenters. The van der Waals surface area contributed by atoms with E-state index in [0.717, 1.165) is 0 Å². The Morgan fingerprint density at radius 2 is 2.00 bits per heavy atom. The topological polar surface area (TPSA) is 12.5 Å². The van der Waals surface area contributed by atoms with Crippen molar-refractivity contribution in [3.63, 3.8) is 0 Å². The molecule has 1 nitrogen and oxygen atoms in total. The van der Waals surface area contributed by atoms with Gasteiger partial charge in [-0.3, -0.25) is 0 Å². The van der Waals surface area contributed by atoms with Gasteiger partial charge in [0.1, 0.15) is 12.2 Å². The highest BCUT2D eigenvalue weighted by atomic mass is 16.6. The van der Waals surface area contributed by atoms with Crippen LogP contribution >= 0.6 is 0 Å². The van der Waals surface area contributed by atoms with E-state index in [0.29, 0.717) is 17.6 Å². The molecule has 0 radical (unpaired) electrons. The van der Waals surface area contributed by atoms with Crippen LogP contribution in [-0.2, 0) is 4.74 Å². The third-order valence-corrected chi connectivity index (χ3v) is 4.15. The van der Waals surface area contributed by atoms with Gasteiger partial charge in [-0.25, -0.2) is 0 Å². The smallest absolute Gasteiger partial charge is 0.110 e. The van der Waals surface area contributed by atoms with Crippen LogP contribution in [0.2, 0.25) is 0 Å². The lowest BCUT2D eigenvalue weighted by atomic mass is 9.71. The Hall–Kier alpha value is -0.820. The minimum Gasteiger partial charge on any atom is -0.360 e. The average Bonchev–Trinajstić information content (AvgIpc) is 3.11. The van der Waals surface area contributed by atoms with Crippen molar-refractivity contribution in [2.75, 3.05) is 0 Å². The first-order chi connectivity index (χ1) is 8.97. The summed E-state index contributed by atoms with van der Waals surface area (Å²) in [4.78, 5) is 0. The zero-order chi connectivity index (χ0) is 14.6. The van der Waals surface area contributed by atoms with Crippen LogP contribution in [0.3, 0.4) is 0 Å². The summed E-state index contributed by atoms with van der Waals surface area (Å²) in [5, 5.41) is 0. The molecule has 0 aromatic carbocycles. The number of epoxide rings is 1. The predicted molar refractivity (Wildman–Crippen MR) is 84.3 cm³/mol. The summed E-state index contributed by atoms with van der Waals surface area (Å²) in [5.41, 5.74) is 4.73. The third-order valence-electron chi connectivity index (χ3n) is 4.15. The minimum atomic E-state index is 0.301. The van der Waals surface area contributed by atoms with E-state index in [1.165, 1.54) is 24.8 Å². The Balaban J connectivity index is 0.000000861. The van der Waals surface area contributed by atoms with Crippen molar-refractivity contribution in [3.05, 3.63) is 35.5 Å². The first kappa shape index (κ1) is 16.2. The normalized spacial score (nSPS) is 29.5. The maximum absolute atomic E-state index is 5.90. The van der Waals surface area contributed by atoms with Gasteiger partial charge in [0.25, 0.3) is 0 Å². The molecule has 1 heteroatoms. The Bertz CT molecular complexity index is 384.